The molecule has 0 aromatic carbocycles. The maximum absolute atomic E-state index is 12.1. The largest absolute Gasteiger partial charge is 0.462 e. The van der Waals surface area contributed by atoms with Gasteiger partial charge < -0.3 is 10.5 Å². The Morgan fingerprint density at radius 1 is 1.00 bits per heavy atom. The summed E-state index contributed by atoms with van der Waals surface area (Å²) in [5.74, 6) is 1.52. The van der Waals surface area contributed by atoms with Crippen LogP contribution in [0.5, 0.6) is 0 Å². The normalized spacial score (nSPS) is 41.4. The summed E-state index contributed by atoms with van der Waals surface area (Å²) in [6.45, 7) is 4.52. The molecule has 0 saturated heterocycles. The lowest BCUT2D eigenvalue weighted by Crippen LogP contribution is -2.34. The average molecular weight is 253 g/mol. The predicted molar refractivity (Wildman–Crippen MR) is 72.0 cm³/mol. The van der Waals surface area contributed by atoms with Crippen LogP contribution < -0.4 is 5.73 Å². The standard InChI is InChI=1S/C15H27NO2/c1-10-7-11(2)9-14(8-10)18-15(17)12-3-5-13(16)6-4-12/h10-14H,3-9,16H2,1-2H3. The van der Waals surface area contributed by atoms with Crippen LogP contribution in [-0.2, 0) is 9.53 Å². The van der Waals surface area contributed by atoms with Gasteiger partial charge in [0.15, 0.2) is 0 Å². The molecule has 2 fully saturated rings. The highest BCUT2D eigenvalue weighted by Crippen LogP contribution is 2.32. The molecule has 2 aliphatic carbocycles. The first-order chi connectivity index (χ1) is 8.54. The van der Waals surface area contributed by atoms with Crippen molar-refractivity contribution >= 4 is 5.97 Å². The van der Waals surface area contributed by atoms with E-state index >= 15 is 0 Å². The maximum atomic E-state index is 12.1. The Labute approximate surface area is 110 Å². The van der Waals surface area contributed by atoms with Crippen molar-refractivity contribution in [2.45, 2.75) is 70.9 Å². The van der Waals surface area contributed by atoms with Gasteiger partial charge in [-0.05, 0) is 56.8 Å². The minimum Gasteiger partial charge on any atom is -0.462 e. The number of esters is 1. The Morgan fingerprint density at radius 3 is 2.11 bits per heavy atom. The van der Waals surface area contributed by atoms with E-state index in [1.807, 2.05) is 0 Å². The van der Waals surface area contributed by atoms with Crippen LogP contribution >= 0.6 is 0 Å². The van der Waals surface area contributed by atoms with E-state index in [1.54, 1.807) is 0 Å². The number of ether oxygens (including phenoxy) is 1. The van der Waals surface area contributed by atoms with E-state index in [0.717, 1.165) is 38.5 Å². The highest BCUT2D eigenvalue weighted by Gasteiger charge is 2.31. The molecule has 0 aromatic rings. The first kappa shape index (κ1) is 13.9. The number of rotatable bonds is 2. The van der Waals surface area contributed by atoms with Crippen LogP contribution in [0.4, 0.5) is 0 Å². The highest BCUT2D eigenvalue weighted by molar-refractivity contribution is 5.72. The fraction of sp³-hybridized carbons (Fsp3) is 0.933. The molecular formula is C15H27NO2. The first-order valence-corrected chi connectivity index (χ1v) is 7.50. The van der Waals surface area contributed by atoms with Crippen molar-refractivity contribution in [3.05, 3.63) is 0 Å². The predicted octanol–water partition coefficient (Wildman–Crippen LogP) is 2.87. The van der Waals surface area contributed by atoms with Gasteiger partial charge in [-0.25, -0.2) is 0 Å². The van der Waals surface area contributed by atoms with Gasteiger partial charge in [0, 0.05) is 6.04 Å². The van der Waals surface area contributed by atoms with Crippen LogP contribution in [-0.4, -0.2) is 18.1 Å². The zero-order valence-electron chi connectivity index (χ0n) is 11.7. The van der Waals surface area contributed by atoms with Crippen LogP contribution in [0.1, 0.15) is 58.8 Å². The van der Waals surface area contributed by atoms with Gasteiger partial charge in [-0.15, -0.1) is 0 Å². The van der Waals surface area contributed by atoms with E-state index in [9.17, 15) is 4.79 Å². The van der Waals surface area contributed by atoms with Gasteiger partial charge in [-0.3, -0.25) is 4.79 Å². The minimum atomic E-state index is 0.0354. The van der Waals surface area contributed by atoms with Crippen molar-refractivity contribution in [2.24, 2.45) is 23.5 Å². The molecule has 0 aliphatic heterocycles. The van der Waals surface area contributed by atoms with Crippen LogP contribution in [0.15, 0.2) is 0 Å². The number of nitrogens with two attached hydrogens (primary N) is 1. The third-order valence-corrected chi connectivity index (χ3v) is 4.52. The van der Waals surface area contributed by atoms with Crippen LogP contribution in [0.25, 0.3) is 0 Å². The Bertz CT molecular complexity index is 274. The van der Waals surface area contributed by atoms with Crippen molar-refractivity contribution in [3.63, 3.8) is 0 Å². The second-order valence-electron chi connectivity index (χ2n) is 6.59. The molecule has 0 heterocycles. The summed E-state index contributed by atoms with van der Waals surface area (Å²) in [6.07, 6.45) is 7.29. The maximum Gasteiger partial charge on any atom is 0.309 e. The summed E-state index contributed by atoms with van der Waals surface area (Å²) in [7, 11) is 0. The monoisotopic (exact) mass is 253 g/mol. The van der Waals surface area contributed by atoms with Crippen LogP contribution in [0, 0.1) is 17.8 Å². The third kappa shape index (κ3) is 3.71. The van der Waals surface area contributed by atoms with Crippen molar-refractivity contribution in [1.29, 1.82) is 0 Å². The molecular weight excluding hydrogens is 226 g/mol. The molecule has 2 aliphatic rings. The molecule has 0 amide bonds. The van der Waals surface area contributed by atoms with E-state index in [0.29, 0.717) is 17.9 Å². The molecule has 3 nitrogen and oxygen atoms in total. The average Bonchev–Trinajstić information content (AvgIpc) is 2.28. The van der Waals surface area contributed by atoms with Gasteiger partial charge in [0.25, 0.3) is 0 Å². The topological polar surface area (TPSA) is 52.3 Å². The van der Waals surface area contributed by atoms with Gasteiger partial charge in [-0.1, -0.05) is 13.8 Å². The molecule has 0 aromatic heterocycles. The second-order valence-corrected chi connectivity index (χ2v) is 6.59. The highest BCUT2D eigenvalue weighted by atomic mass is 16.5. The van der Waals surface area contributed by atoms with E-state index in [-0.39, 0.29) is 18.0 Å². The summed E-state index contributed by atoms with van der Waals surface area (Å²) in [5.41, 5.74) is 5.87. The summed E-state index contributed by atoms with van der Waals surface area (Å²) >= 11 is 0. The Kier molecular flexibility index (Phi) is 4.66. The SMILES string of the molecule is CC1CC(C)CC(OC(=O)C2CCC(N)CC2)C1. The van der Waals surface area contributed by atoms with E-state index in [4.69, 9.17) is 10.5 Å². The zero-order valence-corrected chi connectivity index (χ0v) is 11.7. The quantitative estimate of drug-likeness (QED) is 0.770. The molecule has 0 bridgehead atoms. The smallest absolute Gasteiger partial charge is 0.309 e. The minimum absolute atomic E-state index is 0.0354. The van der Waals surface area contributed by atoms with Crippen molar-refractivity contribution in [3.8, 4) is 0 Å². The third-order valence-electron chi connectivity index (χ3n) is 4.52. The van der Waals surface area contributed by atoms with Crippen molar-refractivity contribution in [2.75, 3.05) is 0 Å². The van der Waals surface area contributed by atoms with E-state index in [2.05, 4.69) is 13.8 Å². The lowest BCUT2D eigenvalue weighted by Gasteiger charge is -2.33. The number of carbonyl (C=O) groups is 1. The molecule has 0 spiro atoms. The molecule has 2 rings (SSSR count). The summed E-state index contributed by atoms with van der Waals surface area (Å²) < 4.78 is 5.73. The Morgan fingerprint density at radius 2 is 1.56 bits per heavy atom. The number of hydrogen-bond donors (Lipinski definition) is 1. The van der Waals surface area contributed by atoms with Gasteiger partial charge >= 0.3 is 5.97 Å². The number of carbonyl (C=O) groups excluding carboxylic acids is 1. The fourth-order valence-corrected chi connectivity index (χ4v) is 3.58. The first-order valence-electron chi connectivity index (χ1n) is 7.50. The van der Waals surface area contributed by atoms with Crippen LogP contribution in [0.3, 0.4) is 0 Å². The Hall–Kier alpha value is -0.570. The van der Waals surface area contributed by atoms with Gasteiger partial charge in [-0.2, -0.15) is 0 Å². The summed E-state index contributed by atoms with van der Waals surface area (Å²) in [5, 5.41) is 0. The molecule has 2 saturated carbocycles. The second kappa shape index (κ2) is 6.05. The lowest BCUT2D eigenvalue weighted by atomic mass is 9.81. The Balaban J connectivity index is 1.80. The van der Waals surface area contributed by atoms with E-state index in [1.165, 1.54) is 6.42 Å². The molecule has 104 valence electrons. The molecule has 2 N–H and O–H groups in total. The summed E-state index contributed by atoms with van der Waals surface area (Å²) in [4.78, 5) is 12.1. The lowest BCUT2D eigenvalue weighted by molar-refractivity contribution is -0.158. The van der Waals surface area contributed by atoms with E-state index < -0.39 is 0 Å². The van der Waals surface area contributed by atoms with Crippen molar-refractivity contribution in [1.82, 2.24) is 0 Å². The van der Waals surface area contributed by atoms with Gasteiger partial charge in [0.1, 0.15) is 6.10 Å². The zero-order chi connectivity index (χ0) is 13.1. The molecule has 3 heteroatoms. The molecule has 0 radical (unpaired) electrons. The number of hydrogen-bond acceptors (Lipinski definition) is 3. The molecule has 18 heavy (non-hydrogen) atoms. The molecule has 2 unspecified atom stereocenters. The van der Waals surface area contributed by atoms with Crippen molar-refractivity contribution < 1.29 is 9.53 Å². The van der Waals surface area contributed by atoms with Crippen LogP contribution in [0.2, 0.25) is 0 Å². The van der Waals surface area contributed by atoms with Gasteiger partial charge in [0.05, 0.1) is 5.92 Å². The molecule has 2 atom stereocenters. The summed E-state index contributed by atoms with van der Waals surface area (Å²) in [6, 6.07) is 0.295. The fourth-order valence-electron chi connectivity index (χ4n) is 3.58. The van der Waals surface area contributed by atoms with Gasteiger partial charge in [0.2, 0.25) is 0 Å².